The number of hydrogen-bond acceptors (Lipinski definition) is 7. The SMILES string of the molecule is COCCn1cc(Nc2nc(/N=C\C(C)C3CC3)c3cc[nH]c3n2)nn1. The highest BCUT2D eigenvalue weighted by Gasteiger charge is 2.26. The Morgan fingerprint density at radius 1 is 1.46 bits per heavy atom. The number of H-pyrrole nitrogens is 1. The van der Waals surface area contributed by atoms with Gasteiger partial charge in [0.15, 0.2) is 11.6 Å². The lowest BCUT2D eigenvalue weighted by Crippen LogP contribution is -2.04. The third-order valence-electron chi connectivity index (χ3n) is 4.50. The van der Waals surface area contributed by atoms with E-state index >= 15 is 0 Å². The first-order valence-electron chi connectivity index (χ1n) is 8.78. The maximum atomic E-state index is 5.04. The average molecular weight is 354 g/mol. The molecule has 1 aliphatic rings. The highest BCUT2D eigenvalue weighted by molar-refractivity contribution is 5.88. The van der Waals surface area contributed by atoms with Crippen molar-refractivity contribution in [2.75, 3.05) is 19.0 Å². The summed E-state index contributed by atoms with van der Waals surface area (Å²) in [4.78, 5) is 16.8. The number of aromatic nitrogens is 6. The van der Waals surface area contributed by atoms with Gasteiger partial charge in [-0.3, -0.25) is 0 Å². The van der Waals surface area contributed by atoms with Crippen LogP contribution >= 0.6 is 0 Å². The molecule has 3 aromatic rings. The van der Waals surface area contributed by atoms with Crippen LogP contribution in [0.15, 0.2) is 23.5 Å². The number of anilines is 2. The zero-order valence-corrected chi connectivity index (χ0v) is 14.9. The van der Waals surface area contributed by atoms with E-state index in [0.717, 1.165) is 17.0 Å². The minimum absolute atomic E-state index is 0.435. The van der Waals surface area contributed by atoms with Gasteiger partial charge in [-0.1, -0.05) is 12.1 Å². The molecule has 1 unspecified atom stereocenters. The fourth-order valence-electron chi connectivity index (χ4n) is 2.78. The van der Waals surface area contributed by atoms with Crippen molar-refractivity contribution in [3.63, 3.8) is 0 Å². The van der Waals surface area contributed by atoms with E-state index in [1.807, 2.05) is 18.5 Å². The molecule has 0 saturated heterocycles. The summed E-state index contributed by atoms with van der Waals surface area (Å²) in [5, 5.41) is 12.1. The molecule has 9 heteroatoms. The van der Waals surface area contributed by atoms with Crippen LogP contribution in [-0.4, -0.2) is 49.9 Å². The van der Waals surface area contributed by atoms with Gasteiger partial charge in [0.2, 0.25) is 5.95 Å². The van der Waals surface area contributed by atoms with Gasteiger partial charge in [0.25, 0.3) is 0 Å². The van der Waals surface area contributed by atoms with Gasteiger partial charge in [0.1, 0.15) is 5.65 Å². The smallest absolute Gasteiger partial charge is 0.232 e. The summed E-state index contributed by atoms with van der Waals surface area (Å²) in [7, 11) is 1.65. The summed E-state index contributed by atoms with van der Waals surface area (Å²) in [6.45, 7) is 3.41. The number of fused-ring (bicyclic) bond motifs is 1. The molecule has 0 radical (unpaired) electrons. The molecule has 0 aromatic carbocycles. The summed E-state index contributed by atoms with van der Waals surface area (Å²) < 4.78 is 6.75. The van der Waals surface area contributed by atoms with Crippen molar-refractivity contribution in [2.24, 2.45) is 16.8 Å². The minimum atomic E-state index is 0.435. The van der Waals surface area contributed by atoms with Gasteiger partial charge in [0.05, 0.1) is 24.7 Å². The molecule has 0 aliphatic heterocycles. The standard InChI is InChI=1S/C17H22N8O/c1-11(12-3-4-12)9-19-16-13-5-6-18-15(13)21-17(22-16)20-14-10-25(24-23-14)7-8-26-2/h5-6,9-12H,3-4,7-8H2,1-2H3,(H2,18,20,21,22)/b19-9-. The summed E-state index contributed by atoms with van der Waals surface area (Å²) in [5.74, 6) is 2.90. The van der Waals surface area contributed by atoms with Gasteiger partial charge in [-0.15, -0.1) is 5.10 Å². The van der Waals surface area contributed by atoms with Crippen molar-refractivity contribution in [1.82, 2.24) is 29.9 Å². The Morgan fingerprint density at radius 2 is 2.35 bits per heavy atom. The number of nitrogens with zero attached hydrogens (tertiary/aromatic N) is 6. The zero-order valence-electron chi connectivity index (χ0n) is 14.9. The van der Waals surface area contributed by atoms with Gasteiger partial charge in [-0.2, -0.15) is 9.97 Å². The predicted octanol–water partition coefficient (Wildman–Crippen LogP) is 2.69. The summed E-state index contributed by atoms with van der Waals surface area (Å²) in [6.07, 6.45) is 8.22. The second-order valence-corrected chi connectivity index (χ2v) is 6.57. The second kappa shape index (κ2) is 7.20. The van der Waals surface area contributed by atoms with Crippen molar-refractivity contribution in [1.29, 1.82) is 0 Å². The van der Waals surface area contributed by atoms with Crippen LogP contribution in [0.1, 0.15) is 19.8 Å². The summed E-state index contributed by atoms with van der Waals surface area (Å²) >= 11 is 0. The zero-order chi connectivity index (χ0) is 17.9. The predicted molar refractivity (Wildman–Crippen MR) is 99.1 cm³/mol. The molecule has 26 heavy (non-hydrogen) atoms. The number of ether oxygens (including phenoxy) is 1. The lowest BCUT2D eigenvalue weighted by Gasteiger charge is -2.05. The van der Waals surface area contributed by atoms with Gasteiger partial charge >= 0.3 is 0 Å². The Morgan fingerprint density at radius 3 is 3.15 bits per heavy atom. The molecule has 1 fully saturated rings. The molecule has 0 bridgehead atoms. The van der Waals surface area contributed by atoms with Crippen molar-refractivity contribution >= 4 is 34.8 Å². The van der Waals surface area contributed by atoms with Crippen LogP contribution in [0.25, 0.3) is 11.0 Å². The van der Waals surface area contributed by atoms with Crippen molar-refractivity contribution < 1.29 is 4.74 Å². The second-order valence-electron chi connectivity index (χ2n) is 6.57. The Labute approximate surface area is 150 Å². The van der Waals surface area contributed by atoms with E-state index in [2.05, 4.69) is 42.5 Å². The van der Waals surface area contributed by atoms with Gasteiger partial charge in [0, 0.05) is 19.5 Å². The van der Waals surface area contributed by atoms with Crippen LogP contribution in [0.3, 0.4) is 0 Å². The van der Waals surface area contributed by atoms with E-state index in [1.165, 1.54) is 12.8 Å². The third-order valence-corrected chi connectivity index (χ3v) is 4.50. The maximum Gasteiger partial charge on any atom is 0.232 e. The first-order valence-corrected chi connectivity index (χ1v) is 8.78. The Hall–Kier alpha value is -2.81. The number of aromatic amines is 1. The van der Waals surface area contributed by atoms with Crippen LogP contribution < -0.4 is 5.32 Å². The lowest BCUT2D eigenvalue weighted by atomic mass is 10.1. The van der Waals surface area contributed by atoms with E-state index in [1.54, 1.807) is 18.0 Å². The van der Waals surface area contributed by atoms with Gasteiger partial charge in [-0.25, -0.2) is 9.67 Å². The number of aliphatic imine (C=N–C) groups is 1. The summed E-state index contributed by atoms with van der Waals surface area (Å²) in [5.41, 5.74) is 0.737. The third kappa shape index (κ3) is 3.72. The Bertz CT molecular complexity index is 911. The Kier molecular flexibility index (Phi) is 4.61. The number of nitrogens with one attached hydrogen (secondary N) is 2. The minimum Gasteiger partial charge on any atom is -0.383 e. The van der Waals surface area contributed by atoms with E-state index in [-0.39, 0.29) is 0 Å². The fourth-order valence-corrected chi connectivity index (χ4v) is 2.78. The number of hydrogen-bond donors (Lipinski definition) is 2. The van der Waals surface area contributed by atoms with Crippen molar-refractivity contribution in [3.8, 4) is 0 Å². The van der Waals surface area contributed by atoms with Gasteiger partial charge in [-0.05, 0) is 30.7 Å². The van der Waals surface area contributed by atoms with E-state index in [9.17, 15) is 0 Å². The molecule has 3 heterocycles. The molecule has 4 rings (SSSR count). The monoisotopic (exact) mass is 354 g/mol. The van der Waals surface area contributed by atoms with Gasteiger partial charge < -0.3 is 15.0 Å². The molecule has 0 amide bonds. The lowest BCUT2D eigenvalue weighted by molar-refractivity contribution is 0.183. The highest BCUT2D eigenvalue weighted by atomic mass is 16.5. The topological polar surface area (TPSA) is 106 Å². The molecule has 1 aliphatic carbocycles. The molecule has 0 spiro atoms. The highest BCUT2D eigenvalue weighted by Crippen LogP contribution is 2.36. The largest absolute Gasteiger partial charge is 0.383 e. The van der Waals surface area contributed by atoms with Crippen LogP contribution in [0.5, 0.6) is 0 Å². The van der Waals surface area contributed by atoms with E-state index < -0.39 is 0 Å². The maximum absolute atomic E-state index is 5.04. The van der Waals surface area contributed by atoms with Crippen LogP contribution in [-0.2, 0) is 11.3 Å². The van der Waals surface area contributed by atoms with Crippen LogP contribution in [0, 0.1) is 11.8 Å². The average Bonchev–Trinajstić information content (AvgIpc) is 3.23. The molecule has 9 nitrogen and oxygen atoms in total. The molecule has 1 atom stereocenters. The quantitative estimate of drug-likeness (QED) is 0.603. The number of methoxy groups -OCH3 is 1. The van der Waals surface area contributed by atoms with Crippen LogP contribution in [0.4, 0.5) is 17.6 Å². The molecular formula is C17H22N8O. The molecule has 136 valence electrons. The molecular weight excluding hydrogens is 332 g/mol. The van der Waals surface area contributed by atoms with Crippen LogP contribution in [0.2, 0.25) is 0 Å². The van der Waals surface area contributed by atoms with Crippen molar-refractivity contribution in [3.05, 3.63) is 18.5 Å². The number of rotatable bonds is 8. The summed E-state index contributed by atoms with van der Waals surface area (Å²) in [6, 6.07) is 1.94. The Balaban J connectivity index is 1.56. The normalized spacial score (nSPS) is 15.8. The van der Waals surface area contributed by atoms with E-state index in [4.69, 9.17) is 4.74 Å². The van der Waals surface area contributed by atoms with Crippen molar-refractivity contribution in [2.45, 2.75) is 26.3 Å². The molecule has 1 saturated carbocycles. The first kappa shape index (κ1) is 16.6. The van der Waals surface area contributed by atoms with E-state index in [0.29, 0.717) is 36.7 Å². The molecule has 2 N–H and O–H groups in total. The molecule has 3 aromatic heterocycles. The fraction of sp³-hybridized carbons (Fsp3) is 0.471. The first-order chi connectivity index (χ1) is 12.7.